The van der Waals surface area contributed by atoms with Gasteiger partial charge in [0.05, 0.1) is 0 Å². The average Bonchev–Trinajstić information content (AvgIpc) is 3.15. The molecule has 0 aromatic heterocycles. The Bertz CT molecular complexity index is 280. The Morgan fingerprint density at radius 1 is 1.17 bits per heavy atom. The summed E-state index contributed by atoms with van der Waals surface area (Å²) in [5.74, 6) is 0.504. The molecule has 0 spiro atoms. The molecule has 2 aliphatic carbocycles. The Balaban J connectivity index is 1.52. The summed E-state index contributed by atoms with van der Waals surface area (Å²) in [6.07, 6.45) is 9.24. The summed E-state index contributed by atoms with van der Waals surface area (Å²) < 4.78 is 0. The number of aliphatic hydroxyl groups is 1. The largest absolute Gasteiger partial charge is 0.396 e. The van der Waals surface area contributed by atoms with Gasteiger partial charge in [0.25, 0.3) is 0 Å². The fourth-order valence-electron chi connectivity index (χ4n) is 4.04. The predicted octanol–water partition coefficient (Wildman–Crippen LogP) is 1.75. The Labute approximate surface area is 111 Å². The third-order valence-electron chi connectivity index (χ3n) is 5.23. The first-order chi connectivity index (χ1) is 8.78. The summed E-state index contributed by atoms with van der Waals surface area (Å²) in [5, 5.41) is 13.3. The molecule has 1 aliphatic heterocycles. The van der Waals surface area contributed by atoms with Crippen molar-refractivity contribution in [3.63, 3.8) is 0 Å². The van der Waals surface area contributed by atoms with Crippen LogP contribution >= 0.6 is 0 Å². The molecule has 0 aromatic carbocycles. The molecule has 0 radical (unpaired) electrons. The molecule has 0 bridgehead atoms. The number of nitrogens with zero attached hydrogens (tertiary/aromatic N) is 1. The summed E-state index contributed by atoms with van der Waals surface area (Å²) in [5.41, 5.74) is 0. The monoisotopic (exact) mass is 252 g/mol. The lowest BCUT2D eigenvalue weighted by atomic mass is 9.84. The van der Waals surface area contributed by atoms with Crippen LogP contribution in [0.25, 0.3) is 0 Å². The van der Waals surface area contributed by atoms with E-state index in [9.17, 15) is 5.11 Å². The van der Waals surface area contributed by atoms with Gasteiger partial charge in [-0.25, -0.2) is 0 Å². The van der Waals surface area contributed by atoms with Gasteiger partial charge in [0, 0.05) is 37.3 Å². The minimum atomic E-state index is 0.367. The lowest BCUT2D eigenvalue weighted by Crippen LogP contribution is -2.46. The Hall–Kier alpha value is -0.120. The molecule has 2 N–H and O–H groups in total. The molecule has 3 fully saturated rings. The second kappa shape index (κ2) is 5.48. The summed E-state index contributed by atoms with van der Waals surface area (Å²) in [6, 6.07) is 2.89. The highest BCUT2D eigenvalue weighted by atomic mass is 16.3. The maximum Gasteiger partial charge on any atom is 0.0474 e. The van der Waals surface area contributed by atoms with Crippen molar-refractivity contribution in [2.75, 3.05) is 13.2 Å². The van der Waals surface area contributed by atoms with Gasteiger partial charge in [-0.3, -0.25) is 4.90 Å². The molecule has 4 unspecified atom stereocenters. The Kier molecular flexibility index (Phi) is 3.92. The zero-order chi connectivity index (χ0) is 12.5. The Morgan fingerprint density at radius 3 is 2.67 bits per heavy atom. The molecule has 2 saturated carbocycles. The number of hydrogen-bond donors (Lipinski definition) is 2. The maximum absolute atomic E-state index is 9.49. The van der Waals surface area contributed by atoms with E-state index in [1.54, 1.807) is 0 Å². The van der Waals surface area contributed by atoms with E-state index in [2.05, 4.69) is 17.1 Å². The van der Waals surface area contributed by atoms with E-state index in [4.69, 9.17) is 0 Å². The van der Waals surface area contributed by atoms with Crippen molar-refractivity contribution in [3.05, 3.63) is 0 Å². The third-order valence-corrected chi connectivity index (χ3v) is 5.23. The van der Waals surface area contributed by atoms with Crippen LogP contribution in [0.15, 0.2) is 0 Å². The minimum Gasteiger partial charge on any atom is -0.396 e. The highest BCUT2D eigenvalue weighted by molar-refractivity contribution is 4.97. The van der Waals surface area contributed by atoms with E-state index in [0.717, 1.165) is 12.1 Å². The standard InChI is InChI=1S/C15H28N2O/c1-11-8-13(9-17(11)14-6-7-14)16-15-5-3-2-4-12(15)10-18/h11-16,18H,2-10H2,1H3. The first kappa shape index (κ1) is 12.9. The highest BCUT2D eigenvalue weighted by Gasteiger charge is 2.39. The zero-order valence-electron chi connectivity index (χ0n) is 11.6. The van der Waals surface area contributed by atoms with E-state index in [1.165, 1.54) is 51.5 Å². The molecule has 3 rings (SSSR count). The van der Waals surface area contributed by atoms with Crippen molar-refractivity contribution in [2.24, 2.45) is 5.92 Å². The van der Waals surface area contributed by atoms with Gasteiger partial charge in [-0.2, -0.15) is 0 Å². The highest BCUT2D eigenvalue weighted by Crippen LogP contribution is 2.34. The van der Waals surface area contributed by atoms with Gasteiger partial charge < -0.3 is 10.4 Å². The van der Waals surface area contributed by atoms with Gasteiger partial charge in [-0.15, -0.1) is 0 Å². The third kappa shape index (κ3) is 2.73. The van der Waals surface area contributed by atoms with Crippen molar-refractivity contribution >= 4 is 0 Å². The molecule has 1 heterocycles. The fourth-order valence-corrected chi connectivity index (χ4v) is 4.04. The molecule has 3 aliphatic rings. The van der Waals surface area contributed by atoms with Crippen molar-refractivity contribution in [1.29, 1.82) is 0 Å². The molecule has 0 aromatic rings. The molecule has 0 amide bonds. The first-order valence-corrected chi connectivity index (χ1v) is 7.90. The maximum atomic E-state index is 9.49. The van der Waals surface area contributed by atoms with Crippen LogP contribution in [0.2, 0.25) is 0 Å². The minimum absolute atomic E-state index is 0.367. The van der Waals surface area contributed by atoms with E-state index >= 15 is 0 Å². The SMILES string of the molecule is CC1CC(NC2CCCCC2CO)CN1C1CC1. The second-order valence-electron chi connectivity index (χ2n) is 6.71. The Morgan fingerprint density at radius 2 is 1.94 bits per heavy atom. The van der Waals surface area contributed by atoms with Crippen molar-refractivity contribution < 1.29 is 5.11 Å². The van der Waals surface area contributed by atoms with Crippen LogP contribution in [0.1, 0.15) is 51.9 Å². The molecule has 3 nitrogen and oxygen atoms in total. The molecular weight excluding hydrogens is 224 g/mol. The van der Waals surface area contributed by atoms with Crippen LogP contribution in [0, 0.1) is 5.92 Å². The molecule has 3 heteroatoms. The van der Waals surface area contributed by atoms with E-state index < -0.39 is 0 Å². The summed E-state index contributed by atoms with van der Waals surface area (Å²) >= 11 is 0. The lowest BCUT2D eigenvalue weighted by molar-refractivity contribution is 0.145. The van der Waals surface area contributed by atoms with Gasteiger partial charge in [-0.1, -0.05) is 12.8 Å². The van der Waals surface area contributed by atoms with Crippen molar-refractivity contribution in [2.45, 2.75) is 76.0 Å². The molecule has 4 atom stereocenters. The normalized spacial score (nSPS) is 42.3. The topological polar surface area (TPSA) is 35.5 Å². The van der Waals surface area contributed by atoms with Gasteiger partial charge >= 0.3 is 0 Å². The zero-order valence-corrected chi connectivity index (χ0v) is 11.6. The predicted molar refractivity (Wildman–Crippen MR) is 73.6 cm³/mol. The molecular formula is C15H28N2O. The summed E-state index contributed by atoms with van der Waals surface area (Å²) in [6.45, 7) is 3.98. The second-order valence-corrected chi connectivity index (χ2v) is 6.71. The average molecular weight is 252 g/mol. The number of rotatable bonds is 4. The van der Waals surface area contributed by atoms with Crippen LogP contribution in [-0.2, 0) is 0 Å². The van der Waals surface area contributed by atoms with Crippen LogP contribution in [0.3, 0.4) is 0 Å². The number of aliphatic hydroxyl groups excluding tert-OH is 1. The number of hydrogen-bond acceptors (Lipinski definition) is 3. The van der Waals surface area contributed by atoms with Crippen LogP contribution < -0.4 is 5.32 Å². The van der Waals surface area contributed by atoms with Gasteiger partial charge in [0.1, 0.15) is 0 Å². The van der Waals surface area contributed by atoms with Gasteiger partial charge in [0.2, 0.25) is 0 Å². The van der Waals surface area contributed by atoms with Crippen LogP contribution in [0.5, 0.6) is 0 Å². The van der Waals surface area contributed by atoms with E-state index in [1.807, 2.05) is 0 Å². The lowest BCUT2D eigenvalue weighted by Gasteiger charge is -2.33. The summed E-state index contributed by atoms with van der Waals surface area (Å²) in [7, 11) is 0. The van der Waals surface area contributed by atoms with Crippen molar-refractivity contribution in [3.8, 4) is 0 Å². The number of nitrogens with one attached hydrogen (secondary N) is 1. The van der Waals surface area contributed by atoms with E-state index in [0.29, 0.717) is 24.6 Å². The van der Waals surface area contributed by atoms with Crippen LogP contribution in [0.4, 0.5) is 0 Å². The number of likely N-dealkylation sites (tertiary alicyclic amines) is 1. The van der Waals surface area contributed by atoms with Crippen LogP contribution in [-0.4, -0.2) is 47.3 Å². The first-order valence-electron chi connectivity index (χ1n) is 7.90. The van der Waals surface area contributed by atoms with Gasteiger partial charge in [-0.05, 0) is 44.9 Å². The molecule has 104 valence electrons. The quantitative estimate of drug-likeness (QED) is 0.800. The fraction of sp³-hybridized carbons (Fsp3) is 1.00. The molecule has 18 heavy (non-hydrogen) atoms. The smallest absolute Gasteiger partial charge is 0.0474 e. The van der Waals surface area contributed by atoms with E-state index in [-0.39, 0.29) is 0 Å². The summed E-state index contributed by atoms with van der Waals surface area (Å²) in [4.78, 5) is 2.70. The van der Waals surface area contributed by atoms with Gasteiger partial charge in [0.15, 0.2) is 0 Å². The molecule has 1 saturated heterocycles. The van der Waals surface area contributed by atoms with Crippen molar-refractivity contribution in [1.82, 2.24) is 10.2 Å².